The van der Waals surface area contributed by atoms with Crippen molar-refractivity contribution in [3.05, 3.63) is 0 Å². The molecule has 8 N–H and O–H groups in total. The van der Waals surface area contributed by atoms with Gasteiger partial charge in [0.15, 0.2) is 0 Å². The third kappa shape index (κ3) is 20.4. The second-order valence-electron chi connectivity index (χ2n) is 7.97. The highest BCUT2D eigenvalue weighted by Crippen LogP contribution is 2.14. The molecule has 1 aliphatic rings. The maximum absolute atomic E-state index is 3.13. The standard InChI is InChI=1S/C20H48N8/c1-2-4-6-8-10-12-14-16-18-20-22-24-26-28-27-25-23-21-19-17-15-13-11-9-7-5-3-1/h21-28H,1-20H2. The molecule has 1 heterocycles. The Hall–Kier alpha value is -0.320. The zero-order chi connectivity index (χ0) is 19.8. The first kappa shape index (κ1) is 25.7. The lowest BCUT2D eigenvalue weighted by atomic mass is 10.0. The smallest absolute Gasteiger partial charge is 0.0113 e. The van der Waals surface area contributed by atoms with Crippen LogP contribution in [0.4, 0.5) is 0 Å². The second kappa shape index (κ2) is 23.0. The zero-order valence-corrected chi connectivity index (χ0v) is 18.1. The van der Waals surface area contributed by atoms with Crippen LogP contribution >= 0.6 is 0 Å². The van der Waals surface area contributed by atoms with Crippen molar-refractivity contribution in [1.82, 2.24) is 44.1 Å². The Morgan fingerprint density at radius 1 is 0.214 bits per heavy atom. The van der Waals surface area contributed by atoms with Gasteiger partial charge in [0.25, 0.3) is 0 Å². The first-order valence-electron chi connectivity index (χ1n) is 12.0. The van der Waals surface area contributed by atoms with Crippen LogP contribution in [0, 0.1) is 0 Å². The summed E-state index contributed by atoms with van der Waals surface area (Å²) in [7, 11) is 0. The average Bonchev–Trinajstić information content (AvgIpc) is 2.71. The minimum atomic E-state index is 0.960. The minimum absolute atomic E-state index is 0.960. The first-order chi connectivity index (χ1) is 14.0. The van der Waals surface area contributed by atoms with Gasteiger partial charge >= 0.3 is 0 Å². The Balaban J connectivity index is 2.00. The second-order valence-corrected chi connectivity index (χ2v) is 7.97. The van der Waals surface area contributed by atoms with Gasteiger partial charge in [0.1, 0.15) is 0 Å². The molecule has 1 fully saturated rings. The van der Waals surface area contributed by atoms with Crippen molar-refractivity contribution in [3.63, 3.8) is 0 Å². The van der Waals surface area contributed by atoms with Crippen molar-refractivity contribution in [2.45, 2.75) is 116 Å². The van der Waals surface area contributed by atoms with E-state index >= 15 is 0 Å². The molecule has 0 spiro atoms. The van der Waals surface area contributed by atoms with Crippen LogP contribution in [0.15, 0.2) is 0 Å². The summed E-state index contributed by atoms with van der Waals surface area (Å²) in [4.78, 5) is 0. The first-order valence-corrected chi connectivity index (χ1v) is 12.0. The van der Waals surface area contributed by atoms with Gasteiger partial charge in [0, 0.05) is 13.1 Å². The maximum Gasteiger partial charge on any atom is 0.0113 e. The van der Waals surface area contributed by atoms with Gasteiger partial charge in [-0.15, -0.1) is 0 Å². The van der Waals surface area contributed by atoms with Crippen molar-refractivity contribution in [1.29, 1.82) is 0 Å². The van der Waals surface area contributed by atoms with Gasteiger partial charge in [-0.05, 0) is 12.8 Å². The van der Waals surface area contributed by atoms with Crippen LogP contribution in [0.1, 0.15) is 116 Å². The van der Waals surface area contributed by atoms with Gasteiger partial charge < -0.3 is 0 Å². The third-order valence-electron chi connectivity index (χ3n) is 5.34. The molecule has 0 aromatic carbocycles. The Morgan fingerprint density at radius 2 is 0.429 bits per heavy atom. The predicted molar refractivity (Wildman–Crippen MR) is 118 cm³/mol. The molecule has 1 saturated heterocycles. The molecule has 0 atom stereocenters. The van der Waals surface area contributed by atoms with E-state index in [0.29, 0.717) is 0 Å². The van der Waals surface area contributed by atoms with Crippen molar-refractivity contribution in [2.75, 3.05) is 13.1 Å². The van der Waals surface area contributed by atoms with E-state index in [4.69, 9.17) is 0 Å². The molecule has 0 aromatic rings. The minimum Gasteiger partial charge on any atom is -0.243 e. The van der Waals surface area contributed by atoms with Crippen LogP contribution in [-0.2, 0) is 0 Å². The highest BCUT2D eigenvalue weighted by Gasteiger charge is 1.96. The maximum atomic E-state index is 3.13. The summed E-state index contributed by atoms with van der Waals surface area (Å²) in [5.74, 6) is 0. The molecule has 0 bridgehead atoms. The molecule has 28 heavy (non-hydrogen) atoms. The number of rotatable bonds is 0. The van der Waals surface area contributed by atoms with E-state index in [1.807, 2.05) is 0 Å². The Morgan fingerprint density at radius 3 is 0.714 bits per heavy atom. The average molecular weight is 401 g/mol. The van der Waals surface area contributed by atoms with E-state index in [1.54, 1.807) is 0 Å². The van der Waals surface area contributed by atoms with Crippen molar-refractivity contribution in [3.8, 4) is 0 Å². The summed E-state index contributed by atoms with van der Waals surface area (Å²) in [5, 5.41) is 0. The number of hydrogen-bond acceptors (Lipinski definition) is 8. The number of hydrazine groups is 7. The van der Waals surface area contributed by atoms with Crippen LogP contribution in [0.2, 0.25) is 0 Å². The lowest BCUT2D eigenvalue weighted by Gasteiger charge is -2.13. The topological polar surface area (TPSA) is 96.2 Å². The van der Waals surface area contributed by atoms with Crippen LogP contribution in [0.3, 0.4) is 0 Å². The molecule has 8 heteroatoms. The highest BCUT2D eigenvalue weighted by molar-refractivity contribution is 4.51. The summed E-state index contributed by atoms with van der Waals surface area (Å²) >= 11 is 0. The van der Waals surface area contributed by atoms with Gasteiger partial charge in [-0.2, -0.15) is 33.2 Å². The Bertz CT molecular complexity index is 159. The van der Waals surface area contributed by atoms with Gasteiger partial charge in [0.05, 0.1) is 0 Å². The molecule has 0 radical (unpaired) electrons. The summed E-state index contributed by atoms with van der Waals surface area (Å²) in [6.07, 6.45) is 24.9. The number of nitrogens with one attached hydrogen (secondary N) is 8. The third-order valence-corrected chi connectivity index (χ3v) is 5.34. The van der Waals surface area contributed by atoms with Crippen LogP contribution in [0.5, 0.6) is 0 Å². The van der Waals surface area contributed by atoms with Crippen LogP contribution in [0.25, 0.3) is 0 Å². The van der Waals surface area contributed by atoms with E-state index in [0.717, 1.165) is 13.1 Å². The van der Waals surface area contributed by atoms with Gasteiger partial charge in [-0.25, -0.2) is 10.9 Å². The molecule has 0 unspecified atom stereocenters. The summed E-state index contributed by atoms with van der Waals surface area (Å²) in [6, 6.07) is 0. The molecule has 1 aliphatic heterocycles. The largest absolute Gasteiger partial charge is 0.243 e. The van der Waals surface area contributed by atoms with E-state index in [-0.39, 0.29) is 0 Å². The summed E-state index contributed by atoms with van der Waals surface area (Å²) in [6.45, 7) is 1.92. The number of hydrogen-bond donors (Lipinski definition) is 8. The quantitative estimate of drug-likeness (QED) is 0.314. The van der Waals surface area contributed by atoms with Crippen LogP contribution in [-0.4, -0.2) is 13.1 Å². The fourth-order valence-electron chi connectivity index (χ4n) is 3.59. The van der Waals surface area contributed by atoms with Crippen molar-refractivity contribution in [2.24, 2.45) is 0 Å². The monoisotopic (exact) mass is 400 g/mol. The Kier molecular flexibility index (Phi) is 21.1. The van der Waals surface area contributed by atoms with Gasteiger partial charge in [-0.3, -0.25) is 0 Å². The van der Waals surface area contributed by atoms with Crippen molar-refractivity contribution < 1.29 is 0 Å². The highest BCUT2D eigenvalue weighted by atomic mass is 15.9. The molecule has 0 amide bonds. The lowest BCUT2D eigenvalue weighted by molar-refractivity contribution is 0.254. The van der Waals surface area contributed by atoms with Crippen LogP contribution < -0.4 is 44.1 Å². The van der Waals surface area contributed by atoms with Gasteiger partial charge in [0.2, 0.25) is 0 Å². The SMILES string of the molecule is C1CCCCCCCCCCNNNNNNNNCCCCCCCCC1. The fourth-order valence-corrected chi connectivity index (χ4v) is 3.59. The zero-order valence-electron chi connectivity index (χ0n) is 18.1. The molecule has 0 saturated carbocycles. The normalized spacial score (nSPS) is 24.0. The van der Waals surface area contributed by atoms with E-state index < -0.39 is 0 Å². The molecular formula is C20H48N8. The van der Waals surface area contributed by atoms with E-state index in [1.165, 1.54) is 116 Å². The fraction of sp³-hybridized carbons (Fsp3) is 1.00. The molecule has 0 aromatic heterocycles. The molecule has 8 nitrogen and oxygen atoms in total. The lowest BCUT2D eigenvalue weighted by Crippen LogP contribution is -2.63. The Labute approximate surface area is 173 Å². The van der Waals surface area contributed by atoms with Gasteiger partial charge in [-0.1, -0.05) is 103 Å². The predicted octanol–water partition coefficient (Wildman–Crippen LogP) is 3.14. The van der Waals surface area contributed by atoms with E-state index in [2.05, 4.69) is 44.1 Å². The molecule has 1 rings (SSSR count). The molecule has 0 aliphatic carbocycles. The van der Waals surface area contributed by atoms with Crippen molar-refractivity contribution >= 4 is 0 Å². The summed E-state index contributed by atoms with van der Waals surface area (Å²) < 4.78 is 0. The van der Waals surface area contributed by atoms with E-state index in [9.17, 15) is 0 Å². The summed E-state index contributed by atoms with van der Waals surface area (Å²) in [5.41, 5.74) is 23.2. The molecular weight excluding hydrogens is 352 g/mol. The molecule has 168 valence electrons.